The number of benzene rings is 2. The van der Waals surface area contributed by atoms with E-state index in [0.29, 0.717) is 0 Å². The van der Waals surface area contributed by atoms with Crippen molar-refractivity contribution in [1.82, 2.24) is 4.98 Å². The standard InChI is InChI=1S/C16H13N2/c1-17-16-10-9-13(11-18-16)15-8-4-6-12-5-2-3-7-14(12)15/h2-5,7-11H,1H3,(H,17,18). The number of pyridine rings is 1. The summed E-state index contributed by atoms with van der Waals surface area (Å²) in [5.41, 5.74) is 2.32. The highest BCUT2D eigenvalue weighted by molar-refractivity contribution is 5.96. The number of anilines is 1. The molecule has 0 saturated heterocycles. The van der Waals surface area contributed by atoms with Crippen molar-refractivity contribution in [2.24, 2.45) is 0 Å². The van der Waals surface area contributed by atoms with E-state index in [0.717, 1.165) is 16.8 Å². The Labute approximate surface area is 106 Å². The molecule has 2 heteroatoms. The molecule has 0 unspecified atom stereocenters. The van der Waals surface area contributed by atoms with Crippen LogP contribution in [0.25, 0.3) is 21.9 Å². The fourth-order valence-electron chi connectivity index (χ4n) is 2.10. The number of rotatable bonds is 2. The third kappa shape index (κ3) is 1.82. The molecule has 0 aliphatic carbocycles. The van der Waals surface area contributed by atoms with Crippen LogP contribution in [-0.2, 0) is 0 Å². The summed E-state index contributed by atoms with van der Waals surface area (Å²) in [4.78, 5) is 4.36. The minimum absolute atomic E-state index is 0.880. The molecule has 0 spiro atoms. The highest BCUT2D eigenvalue weighted by Crippen LogP contribution is 2.28. The second-order valence-corrected chi connectivity index (χ2v) is 4.12. The molecule has 0 fully saturated rings. The van der Waals surface area contributed by atoms with Crippen LogP contribution in [0.4, 0.5) is 5.82 Å². The molecule has 0 aliphatic heterocycles. The maximum absolute atomic E-state index is 4.36. The topological polar surface area (TPSA) is 24.9 Å². The van der Waals surface area contributed by atoms with Gasteiger partial charge in [0.1, 0.15) is 5.82 Å². The maximum Gasteiger partial charge on any atom is 0.125 e. The van der Waals surface area contributed by atoms with Gasteiger partial charge in [-0.25, -0.2) is 4.98 Å². The predicted octanol–water partition coefficient (Wildman–Crippen LogP) is 3.74. The Morgan fingerprint density at radius 1 is 1.06 bits per heavy atom. The van der Waals surface area contributed by atoms with Gasteiger partial charge in [0, 0.05) is 18.8 Å². The van der Waals surface area contributed by atoms with E-state index in [1.807, 2.05) is 31.4 Å². The summed E-state index contributed by atoms with van der Waals surface area (Å²) < 4.78 is 0. The van der Waals surface area contributed by atoms with Crippen molar-refractivity contribution in [3.05, 3.63) is 60.8 Å². The quantitative estimate of drug-likeness (QED) is 0.729. The van der Waals surface area contributed by atoms with Crippen LogP contribution in [0.2, 0.25) is 0 Å². The van der Waals surface area contributed by atoms with E-state index in [2.05, 4.69) is 46.7 Å². The highest BCUT2D eigenvalue weighted by atomic mass is 14.9. The van der Waals surface area contributed by atoms with E-state index in [9.17, 15) is 0 Å². The van der Waals surface area contributed by atoms with E-state index < -0.39 is 0 Å². The van der Waals surface area contributed by atoms with Crippen molar-refractivity contribution in [3.63, 3.8) is 0 Å². The first-order valence-electron chi connectivity index (χ1n) is 5.92. The number of hydrogen-bond acceptors (Lipinski definition) is 2. The Balaban J connectivity index is 2.18. The number of aromatic nitrogens is 1. The fourth-order valence-corrected chi connectivity index (χ4v) is 2.10. The zero-order chi connectivity index (χ0) is 12.4. The van der Waals surface area contributed by atoms with Gasteiger partial charge >= 0.3 is 0 Å². The Bertz CT molecular complexity index is 667. The third-order valence-corrected chi connectivity index (χ3v) is 3.04. The molecule has 0 amide bonds. The molecule has 18 heavy (non-hydrogen) atoms. The smallest absolute Gasteiger partial charge is 0.125 e. The van der Waals surface area contributed by atoms with E-state index in [1.165, 1.54) is 10.9 Å². The second-order valence-electron chi connectivity index (χ2n) is 4.12. The molecule has 1 N–H and O–H groups in total. The maximum atomic E-state index is 4.36. The second kappa shape index (κ2) is 4.49. The van der Waals surface area contributed by atoms with Gasteiger partial charge in [0.05, 0.1) is 0 Å². The van der Waals surface area contributed by atoms with Gasteiger partial charge in [0.25, 0.3) is 0 Å². The highest BCUT2D eigenvalue weighted by Gasteiger charge is 2.03. The molecule has 0 atom stereocenters. The van der Waals surface area contributed by atoms with Gasteiger partial charge in [0.2, 0.25) is 0 Å². The average molecular weight is 233 g/mol. The van der Waals surface area contributed by atoms with Crippen molar-refractivity contribution in [2.45, 2.75) is 0 Å². The molecule has 2 nitrogen and oxygen atoms in total. The number of hydrogen-bond donors (Lipinski definition) is 1. The van der Waals surface area contributed by atoms with Crippen LogP contribution in [-0.4, -0.2) is 12.0 Å². The van der Waals surface area contributed by atoms with Gasteiger partial charge < -0.3 is 5.32 Å². The van der Waals surface area contributed by atoms with Crippen LogP contribution in [0.3, 0.4) is 0 Å². The molecule has 2 aromatic carbocycles. The number of nitrogens with zero attached hydrogens (tertiary/aromatic N) is 1. The molecule has 1 radical (unpaired) electrons. The molecule has 3 aromatic rings. The van der Waals surface area contributed by atoms with Crippen LogP contribution in [0.1, 0.15) is 0 Å². The Morgan fingerprint density at radius 3 is 2.72 bits per heavy atom. The number of fused-ring (bicyclic) bond motifs is 1. The van der Waals surface area contributed by atoms with Crippen LogP contribution < -0.4 is 5.32 Å². The Kier molecular flexibility index (Phi) is 2.69. The van der Waals surface area contributed by atoms with Crippen LogP contribution in [0.5, 0.6) is 0 Å². The summed E-state index contributed by atoms with van der Waals surface area (Å²) in [7, 11) is 1.87. The average Bonchev–Trinajstić information content (AvgIpc) is 2.47. The first kappa shape index (κ1) is 10.8. The Hall–Kier alpha value is -2.35. The molecule has 0 bridgehead atoms. The molecule has 0 saturated carbocycles. The zero-order valence-corrected chi connectivity index (χ0v) is 10.1. The third-order valence-electron chi connectivity index (χ3n) is 3.04. The largest absolute Gasteiger partial charge is 0.373 e. The normalized spacial score (nSPS) is 10.5. The summed E-state index contributed by atoms with van der Waals surface area (Å²) in [5, 5.41) is 5.37. The summed E-state index contributed by atoms with van der Waals surface area (Å²) in [6.45, 7) is 0. The minimum Gasteiger partial charge on any atom is -0.373 e. The molecule has 3 rings (SSSR count). The lowest BCUT2D eigenvalue weighted by Gasteiger charge is -2.07. The summed E-state index contributed by atoms with van der Waals surface area (Å²) >= 11 is 0. The van der Waals surface area contributed by atoms with E-state index >= 15 is 0 Å². The molecule has 0 aliphatic rings. The van der Waals surface area contributed by atoms with Gasteiger partial charge in [-0.3, -0.25) is 0 Å². The lowest BCUT2D eigenvalue weighted by atomic mass is 10.00. The van der Waals surface area contributed by atoms with Crippen molar-refractivity contribution < 1.29 is 0 Å². The molecule has 87 valence electrons. The first-order chi connectivity index (χ1) is 8.88. The molecular weight excluding hydrogens is 220 g/mol. The first-order valence-corrected chi connectivity index (χ1v) is 5.92. The van der Waals surface area contributed by atoms with Crippen LogP contribution in [0, 0.1) is 6.07 Å². The minimum atomic E-state index is 0.880. The van der Waals surface area contributed by atoms with Crippen LogP contribution >= 0.6 is 0 Å². The fraction of sp³-hybridized carbons (Fsp3) is 0.0625. The van der Waals surface area contributed by atoms with Crippen molar-refractivity contribution in [3.8, 4) is 11.1 Å². The van der Waals surface area contributed by atoms with Gasteiger partial charge in [-0.2, -0.15) is 0 Å². The summed E-state index contributed by atoms with van der Waals surface area (Å²) in [6, 6.07) is 19.6. The van der Waals surface area contributed by atoms with Crippen molar-refractivity contribution in [1.29, 1.82) is 0 Å². The summed E-state index contributed by atoms with van der Waals surface area (Å²) in [6.07, 6.45) is 1.90. The van der Waals surface area contributed by atoms with Gasteiger partial charge in [-0.15, -0.1) is 0 Å². The number of nitrogens with one attached hydrogen (secondary N) is 1. The SMILES string of the molecule is CNc1ccc(-c2cc[c]c3ccccc23)cn1. The molecular formula is C16H13N2. The predicted molar refractivity (Wildman–Crippen MR) is 75.6 cm³/mol. The van der Waals surface area contributed by atoms with Crippen molar-refractivity contribution >= 4 is 16.6 Å². The lowest BCUT2D eigenvalue weighted by Crippen LogP contribution is -1.91. The zero-order valence-electron chi connectivity index (χ0n) is 10.1. The lowest BCUT2D eigenvalue weighted by molar-refractivity contribution is 1.29. The van der Waals surface area contributed by atoms with E-state index in [-0.39, 0.29) is 0 Å². The van der Waals surface area contributed by atoms with E-state index in [1.54, 1.807) is 0 Å². The van der Waals surface area contributed by atoms with Gasteiger partial charge in [-0.05, 0) is 34.5 Å². The monoisotopic (exact) mass is 233 g/mol. The molecule has 1 aromatic heterocycles. The van der Waals surface area contributed by atoms with Crippen molar-refractivity contribution in [2.75, 3.05) is 12.4 Å². The Morgan fingerprint density at radius 2 is 1.94 bits per heavy atom. The van der Waals surface area contributed by atoms with Gasteiger partial charge in [0.15, 0.2) is 0 Å². The summed E-state index contributed by atoms with van der Waals surface area (Å²) in [5.74, 6) is 0.880. The van der Waals surface area contributed by atoms with Crippen LogP contribution in [0.15, 0.2) is 54.7 Å². The van der Waals surface area contributed by atoms with E-state index in [4.69, 9.17) is 0 Å². The van der Waals surface area contributed by atoms with Gasteiger partial charge in [-0.1, -0.05) is 36.4 Å². The molecule has 1 heterocycles.